The number of primary amides is 2. The molecule has 0 radical (unpaired) electrons. The van der Waals surface area contributed by atoms with E-state index in [9.17, 15) is 49.1 Å². The Morgan fingerprint density at radius 1 is 0.889 bits per heavy atom. The zero-order valence-corrected chi connectivity index (χ0v) is 18.9. The summed E-state index contributed by atoms with van der Waals surface area (Å²) in [5, 5.41) is 0. The Bertz CT molecular complexity index is 1020. The Kier molecular flexibility index (Phi) is 16.7. The third-order valence-corrected chi connectivity index (χ3v) is 3.54. The lowest BCUT2D eigenvalue weighted by molar-refractivity contribution is -0.138. The molecule has 0 heterocycles. The number of halogens is 10. The average molecular weight is 598 g/mol. The van der Waals surface area contributed by atoms with E-state index in [0.29, 0.717) is 12.1 Å². The molecule has 0 aromatic heterocycles. The van der Waals surface area contributed by atoms with Crippen LogP contribution in [0.15, 0.2) is 59.6 Å². The molecule has 202 valence electrons. The van der Waals surface area contributed by atoms with Gasteiger partial charge in [0, 0.05) is 10.5 Å². The largest absolute Gasteiger partial charge is 0.416 e. The number of hydrogen-bond donors (Lipinski definition) is 2. The van der Waals surface area contributed by atoms with Crippen molar-refractivity contribution in [2.75, 3.05) is 7.15 Å². The first-order valence-electron chi connectivity index (χ1n) is 9.23. The average Bonchev–Trinajstić information content (AvgIpc) is 2.71. The minimum Gasteiger partial charge on any atom is -0.366 e. The molecule has 2 amide bonds. The molecule has 0 fully saturated rings. The molecule has 14 heteroatoms. The molecule has 0 bridgehead atoms. The monoisotopic (exact) mass is 597 g/mol. The van der Waals surface area contributed by atoms with Gasteiger partial charge in [0.15, 0.2) is 0 Å². The van der Waals surface area contributed by atoms with E-state index < -0.39 is 54.1 Å². The fourth-order valence-electron chi connectivity index (χ4n) is 1.77. The molecule has 36 heavy (non-hydrogen) atoms. The van der Waals surface area contributed by atoms with Gasteiger partial charge < -0.3 is 11.5 Å². The summed E-state index contributed by atoms with van der Waals surface area (Å²) in [7, 11) is -1.00. The minimum absolute atomic E-state index is 0. The van der Waals surface area contributed by atoms with Crippen molar-refractivity contribution >= 4 is 33.8 Å². The molecule has 0 saturated carbocycles. The number of nitrogens with two attached hydrogens (primary N) is 2. The number of benzene rings is 2. The first-order chi connectivity index (χ1) is 16.4. The normalized spacial score (nSPS) is 10.7. The molecule has 0 atom stereocenters. The van der Waals surface area contributed by atoms with Crippen LogP contribution in [0.4, 0.5) is 39.5 Å². The number of hydrogen-bond acceptors (Lipinski definition) is 2. The molecule has 0 aliphatic heterocycles. The molecule has 2 aromatic rings. The van der Waals surface area contributed by atoms with Crippen LogP contribution in [0.3, 0.4) is 0 Å². The van der Waals surface area contributed by atoms with Gasteiger partial charge in [0.25, 0.3) is 0 Å². The summed E-state index contributed by atoms with van der Waals surface area (Å²) < 4.78 is 114. The summed E-state index contributed by atoms with van der Waals surface area (Å²) in [6, 6.07) is 4.21. The van der Waals surface area contributed by atoms with Crippen LogP contribution >= 0.6 is 15.9 Å². The van der Waals surface area contributed by atoms with E-state index in [-0.39, 0.29) is 17.5 Å². The molecule has 0 unspecified atom stereocenters. The minimum atomic E-state index is -4.63. The molecule has 4 nitrogen and oxygen atoms in total. The number of carbonyl (C=O) groups is 2. The summed E-state index contributed by atoms with van der Waals surface area (Å²) in [6.07, 6.45) is -6.20. The third-order valence-electron chi connectivity index (χ3n) is 3.08. The van der Waals surface area contributed by atoms with Crippen LogP contribution in [-0.4, -0.2) is 19.0 Å². The van der Waals surface area contributed by atoms with Crippen molar-refractivity contribution in [2.24, 2.45) is 11.5 Å². The molecule has 2 aromatic carbocycles. The Balaban J connectivity index is -0.000000485. The van der Waals surface area contributed by atoms with Crippen molar-refractivity contribution in [1.29, 1.82) is 0 Å². The van der Waals surface area contributed by atoms with E-state index in [1.807, 2.05) is 0 Å². The van der Waals surface area contributed by atoms with Crippen LogP contribution in [0.2, 0.25) is 0 Å². The van der Waals surface area contributed by atoms with Gasteiger partial charge in [0.2, 0.25) is 11.8 Å². The first kappa shape index (κ1) is 34.9. The first-order valence-corrected chi connectivity index (χ1v) is 9.32. The summed E-state index contributed by atoms with van der Waals surface area (Å²) in [5.41, 5.74) is 7.11. The maximum absolute atomic E-state index is 12.8. The lowest BCUT2D eigenvalue weighted by Gasteiger charge is -2.07. The highest BCUT2D eigenvalue weighted by atomic mass is 79.9. The van der Waals surface area contributed by atoms with Crippen molar-refractivity contribution < 1.29 is 50.5 Å². The molecular formula is C22H22BrF9N2O2. The molecule has 0 aliphatic rings. The standard InChI is InChI=1S/C10H7F4NO.C7H3BrF4.C3H5NO.CH3F.CH4/c11-8-4-6(1-2-9(15)16)3-7(5-8)10(12,13)14;8-5-1-4(7(10,11)12)2-6(9)3-5;1-2-3(4)5;1-2;/h1-5H,(H2,15,16);1-3H;2H,1H2,(H2,4,5);1H3;1H4/b2-1+;;;;/i;;;1D;. The number of amides is 2. The lowest BCUT2D eigenvalue weighted by atomic mass is 10.1. The van der Waals surface area contributed by atoms with Crippen LogP contribution in [0.5, 0.6) is 0 Å². The fourth-order valence-corrected chi connectivity index (χ4v) is 2.23. The second kappa shape index (κ2) is 17.2. The second-order valence-electron chi connectivity index (χ2n) is 5.77. The van der Waals surface area contributed by atoms with Gasteiger partial charge in [-0.15, -0.1) is 0 Å². The van der Waals surface area contributed by atoms with Crippen LogP contribution in [-0.2, 0) is 21.9 Å². The molecule has 0 saturated heterocycles. The smallest absolute Gasteiger partial charge is 0.366 e. The summed E-state index contributed by atoms with van der Waals surface area (Å²) >= 11 is 2.77. The van der Waals surface area contributed by atoms with Crippen molar-refractivity contribution in [3.63, 3.8) is 0 Å². The van der Waals surface area contributed by atoms with Gasteiger partial charge >= 0.3 is 12.4 Å². The summed E-state index contributed by atoms with van der Waals surface area (Å²) in [4.78, 5) is 19.8. The number of alkyl halides is 7. The Morgan fingerprint density at radius 2 is 1.28 bits per heavy atom. The van der Waals surface area contributed by atoms with Crippen molar-refractivity contribution in [3.8, 4) is 0 Å². The highest BCUT2D eigenvalue weighted by Gasteiger charge is 2.31. The van der Waals surface area contributed by atoms with Gasteiger partial charge in [-0.1, -0.05) is 29.9 Å². The van der Waals surface area contributed by atoms with E-state index >= 15 is 0 Å². The Labute approximate surface area is 211 Å². The van der Waals surface area contributed by atoms with Crippen LogP contribution in [0, 0.1) is 11.6 Å². The Hall–Kier alpha value is -3.29. The predicted octanol–water partition coefficient (Wildman–Crippen LogP) is 6.83. The van der Waals surface area contributed by atoms with Crippen LogP contribution in [0.1, 0.15) is 25.5 Å². The fraction of sp³-hybridized carbons (Fsp3) is 0.182. The van der Waals surface area contributed by atoms with Crippen molar-refractivity contribution in [1.82, 2.24) is 0 Å². The maximum atomic E-state index is 12.8. The zero-order valence-electron chi connectivity index (χ0n) is 18.4. The topological polar surface area (TPSA) is 86.2 Å². The molecular weight excluding hydrogens is 575 g/mol. The van der Waals surface area contributed by atoms with E-state index in [2.05, 4.69) is 28.2 Å². The molecule has 4 N–H and O–H groups in total. The highest BCUT2D eigenvalue weighted by molar-refractivity contribution is 9.10. The molecule has 0 spiro atoms. The maximum Gasteiger partial charge on any atom is 0.416 e. The second-order valence-corrected chi connectivity index (χ2v) is 6.68. The van der Waals surface area contributed by atoms with Gasteiger partial charge in [-0.05, 0) is 54.1 Å². The van der Waals surface area contributed by atoms with E-state index in [1.165, 1.54) is 0 Å². The highest BCUT2D eigenvalue weighted by Crippen LogP contribution is 2.32. The lowest BCUT2D eigenvalue weighted by Crippen LogP contribution is -2.06. The SMILES string of the molecule is C.C=CC(N)=O.Fc1cc(Br)cc(C(F)(F)F)c1.NC(=O)/C=C/c1cc(F)cc(C(F)(F)F)c1.[2H]CF. The third kappa shape index (κ3) is 17.2. The number of carbonyl (C=O) groups excluding carboxylic acids is 2. The van der Waals surface area contributed by atoms with Gasteiger partial charge in [-0.2, -0.15) is 26.3 Å². The molecule has 0 aliphatic carbocycles. The number of rotatable bonds is 3. The van der Waals surface area contributed by atoms with Gasteiger partial charge in [-0.25, -0.2) is 8.78 Å². The van der Waals surface area contributed by atoms with E-state index in [4.69, 9.17) is 7.10 Å². The van der Waals surface area contributed by atoms with Crippen molar-refractivity contribution in [2.45, 2.75) is 19.8 Å². The van der Waals surface area contributed by atoms with Gasteiger partial charge in [0.05, 0.1) is 19.7 Å². The molecule has 2 rings (SSSR count). The van der Waals surface area contributed by atoms with Gasteiger partial charge in [0.1, 0.15) is 11.6 Å². The predicted molar refractivity (Wildman–Crippen MR) is 122 cm³/mol. The van der Waals surface area contributed by atoms with Crippen LogP contribution < -0.4 is 11.5 Å². The zero-order chi connectivity index (χ0) is 28.7. The quantitative estimate of drug-likeness (QED) is 0.300. The van der Waals surface area contributed by atoms with Gasteiger partial charge in [-0.3, -0.25) is 14.0 Å². The van der Waals surface area contributed by atoms with E-state index in [0.717, 1.165) is 42.5 Å². The van der Waals surface area contributed by atoms with E-state index in [1.54, 1.807) is 0 Å². The van der Waals surface area contributed by atoms with Crippen molar-refractivity contribution in [3.05, 3.63) is 87.9 Å². The summed E-state index contributed by atoms with van der Waals surface area (Å²) in [5.74, 6) is -3.24. The van der Waals surface area contributed by atoms with Crippen LogP contribution in [0.25, 0.3) is 6.08 Å². The summed E-state index contributed by atoms with van der Waals surface area (Å²) in [6.45, 7) is 3.09. The Morgan fingerprint density at radius 3 is 1.61 bits per heavy atom.